The standard InChI is InChI=1S/C15H20O2/c1-2-3-4-8-11-13-15(17-13)14(16)12-9-6-5-7-10-12/h5-7,9-10,13,15H,2-4,8,11H2,1H3/t13-,15-/m0/s1. The molecule has 1 aromatic carbocycles. The maximum absolute atomic E-state index is 12.0. The van der Waals surface area contributed by atoms with E-state index in [1.54, 1.807) is 0 Å². The fraction of sp³-hybridized carbons (Fsp3) is 0.533. The molecule has 2 atom stereocenters. The van der Waals surface area contributed by atoms with E-state index >= 15 is 0 Å². The Labute approximate surface area is 103 Å². The highest BCUT2D eigenvalue weighted by atomic mass is 16.6. The second-order valence-corrected chi connectivity index (χ2v) is 4.67. The van der Waals surface area contributed by atoms with Gasteiger partial charge >= 0.3 is 0 Å². The predicted octanol–water partition coefficient (Wildman–Crippen LogP) is 3.61. The molecule has 2 nitrogen and oxygen atoms in total. The van der Waals surface area contributed by atoms with Gasteiger partial charge in [0.25, 0.3) is 0 Å². The molecule has 0 amide bonds. The fourth-order valence-corrected chi connectivity index (χ4v) is 2.13. The molecule has 0 bridgehead atoms. The SMILES string of the molecule is CCCCCC[C@@H]1O[C@@H]1C(=O)c1ccccc1. The van der Waals surface area contributed by atoms with E-state index in [1.807, 2.05) is 30.3 Å². The molecule has 1 saturated heterocycles. The van der Waals surface area contributed by atoms with Crippen molar-refractivity contribution in [2.24, 2.45) is 0 Å². The first-order valence-corrected chi connectivity index (χ1v) is 6.57. The fourth-order valence-electron chi connectivity index (χ4n) is 2.13. The molecule has 0 aromatic heterocycles. The van der Waals surface area contributed by atoms with E-state index in [0.29, 0.717) is 0 Å². The molecule has 0 radical (unpaired) electrons. The highest BCUT2D eigenvalue weighted by Crippen LogP contribution is 2.30. The Morgan fingerprint density at radius 2 is 1.94 bits per heavy atom. The van der Waals surface area contributed by atoms with Crippen LogP contribution in [0, 0.1) is 0 Å². The molecule has 0 unspecified atom stereocenters. The number of carbonyl (C=O) groups excluding carboxylic acids is 1. The molecule has 1 heterocycles. The number of ketones is 1. The third-order valence-electron chi connectivity index (χ3n) is 3.24. The quantitative estimate of drug-likeness (QED) is 0.408. The molecule has 1 aliphatic heterocycles. The first kappa shape index (κ1) is 12.3. The van der Waals surface area contributed by atoms with E-state index in [9.17, 15) is 4.79 Å². The third-order valence-corrected chi connectivity index (χ3v) is 3.24. The van der Waals surface area contributed by atoms with Gasteiger partial charge in [-0.05, 0) is 6.42 Å². The van der Waals surface area contributed by atoms with Crippen LogP contribution in [0.15, 0.2) is 30.3 Å². The van der Waals surface area contributed by atoms with Crippen LogP contribution in [0.1, 0.15) is 49.4 Å². The van der Waals surface area contributed by atoms with Crippen molar-refractivity contribution in [3.8, 4) is 0 Å². The first-order valence-electron chi connectivity index (χ1n) is 6.57. The number of hydrogen-bond acceptors (Lipinski definition) is 2. The number of ether oxygens (including phenoxy) is 1. The number of epoxide rings is 1. The summed E-state index contributed by atoms with van der Waals surface area (Å²) < 4.78 is 5.46. The van der Waals surface area contributed by atoms with Gasteiger partial charge in [0.15, 0.2) is 5.78 Å². The van der Waals surface area contributed by atoms with Crippen LogP contribution in [-0.4, -0.2) is 18.0 Å². The average molecular weight is 232 g/mol. The van der Waals surface area contributed by atoms with Crippen LogP contribution in [0.3, 0.4) is 0 Å². The van der Waals surface area contributed by atoms with Gasteiger partial charge in [0.2, 0.25) is 0 Å². The van der Waals surface area contributed by atoms with Gasteiger partial charge in [-0.25, -0.2) is 0 Å². The van der Waals surface area contributed by atoms with Crippen LogP contribution in [0.5, 0.6) is 0 Å². The van der Waals surface area contributed by atoms with Crippen LogP contribution in [-0.2, 0) is 4.74 Å². The van der Waals surface area contributed by atoms with E-state index in [0.717, 1.165) is 12.0 Å². The summed E-state index contributed by atoms with van der Waals surface area (Å²) in [6.45, 7) is 2.20. The molecule has 0 saturated carbocycles. The molecule has 0 spiro atoms. The number of rotatable bonds is 7. The lowest BCUT2D eigenvalue weighted by Crippen LogP contribution is -2.10. The summed E-state index contributed by atoms with van der Waals surface area (Å²) in [4.78, 5) is 12.0. The minimum Gasteiger partial charge on any atom is -0.361 e. The summed E-state index contributed by atoms with van der Waals surface area (Å²) in [6.07, 6.45) is 6.00. The Bertz CT molecular complexity index is 358. The van der Waals surface area contributed by atoms with Crippen molar-refractivity contribution in [1.29, 1.82) is 0 Å². The van der Waals surface area contributed by atoms with Crippen LogP contribution in [0.4, 0.5) is 0 Å². The van der Waals surface area contributed by atoms with Gasteiger partial charge in [0.1, 0.15) is 6.10 Å². The van der Waals surface area contributed by atoms with Gasteiger partial charge in [-0.2, -0.15) is 0 Å². The van der Waals surface area contributed by atoms with Crippen molar-refractivity contribution in [3.05, 3.63) is 35.9 Å². The Morgan fingerprint density at radius 3 is 2.65 bits per heavy atom. The lowest BCUT2D eigenvalue weighted by Gasteiger charge is -1.97. The lowest BCUT2D eigenvalue weighted by atomic mass is 10.0. The number of benzene rings is 1. The zero-order valence-electron chi connectivity index (χ0n) is 10.4. The van der Waals surface area contributed by atoms with Gasteiger partial charge in [-0.1, -0.05) is 62.9 Å². The molecule has 92 valence electrons. The first-order chi connectivity index (χ1) is 8.33. The molecule has 17 heavy (non-hydrogen) atoms. The van der Waals surface area contributed by atoms with Gasteiger partial charge in [0.05, 0.1) is 6.10 Å². The van der Waals surface area contributed by atoms with E-state index in [1.165, 1.54) is 25.7 Å². The Kier molecular flexibility index (Phi) is 4.32. The van der Waals surface area contributed by atoms with Gasteiger partial charge in [0, 0.05) is 5.56 Å². The maximum Gasteiger partial charge on any atom is 0.194 e. The van der Waals surface area contributed by atoms with E-state index in [2.05, 4.69) is 6.92 Å². The number of unbranched alkanes of at least 4 members (excludes halogenated alkanes) is 3. The average Bonchev–Trinajstić information content (AvgIpc) is 3.14. The minimum absolute atomic E-state index is 0.145. The van der Waals surface area contributed by atoms with Crippen molar-refractivity contribution in [2.75, 3.05) is 0 Å². The van der Waals surface area contributed by atoms with Crippen LogP contribution in [0.2, 0.25) is 0 Å². The second kappa shape index (κ2) is 5.97. The van der Waals surface area contributed by atoms with Crippen LogP contribution in [0.25, 0.3) is 0 Å². The molecule has 1 aromatic rings. The maximum atomic E-state index is 12.0. The topological polar surface area (TPSA) is 29.6 Å². The summed E-state index contributed by atoms with van der Waals surface area (Å²) >= 11 is 0. The normalized spacial score (nSPS) is 22.4. The zero-order chi connectivity index (χ0) is 12.1. The third kappa shape index (κ3) is 3.40. The van der Waals surface area contributed by atoms with Gasteiger partial charge in [-0.3, -0.25) is 4.79 Å². The van der Waals surface area contributed by atoms with Gasteiger partial charge in [-0.15, -0.1) is 0 Å². The molecule has 1 aliphatic rings. The van der Waals surface area contributed by atoms with Crippen molar-refractivity contribution in [2.45, 2.75) is 51.2 Å². The van der Waals surface area contributed by atoms with Crippen molar-refractivity contribution < 1.29 is 9.53 Å². The summed E-state index contributed by atoms with van der Waals surface area (Å²) in [6, 6.07) is 9.43. The van der Waals surface area contributed by atoms with Crippen molar-refractivity contribution in [1.82, 2.24) is 0 Å². The Balaban J connectivity index is 1.73. The number of hydrogen-bond donors (Lipinski definition) is 0. The van der Waals surface area contributed by atoms with E-state index in [4.69, 9.17) is 4.74 Å². The van der Waals surface area contributed by atoms with Crippen molar-refractivity contribution >= 4 is 5.78 Å². The monoisotopic (exact) mass is 232 g/mol. The molecule has 2 rings (SSSR count). The molecule has 2 heteroatoms. The van der Waals surface area contributed by atoms with Crippen molar-refractivity contribution in [3.63, 3.8) is 0 Å². The summed E-state index contributed by atoms with van der Waals surface area (Å²) in [5.74, 6) is 0.145. The van der Waals surface area contributed by atoms with E-state index in [-0.39, 0.29) is 18.0 Å². The minimum atomic E-state index is -0.168. The van der Waals surface area contributed by atoms with Gasteiger partial charge < -0.3 is 4.74 Å². The second-order valence-electron chi connectivity index (χ2n) is 4.67. The number of carbonyl (C=O) groups is 1. The Morgan fingerprint density at radius 1 is 1.18 bits per heavy atom. The molecule has 1 fully saturated rings. The molecular weight excluding hydrogens is 212 g/mol. The number of Topliss-reactive ketones (excluding diaryl/α,β-unsaturated/α-hetero) is 1. The highest BCUT2D eigenvalue weighted by Gasteiger charge is 2.44. The lowest BCUT2D eigenvalue weighted by molar-refractivity contribution is 0.0953. The molecule has 0 aliphatic carbocycles. The largest absolute Gasteiger partial charge is 0.361 e. The van der Waals surface area contributed by atoms with Crippen LogP contribution >= 0.6 is 0 Å². The molecule has 0 N–H and O–H groups in total. The summed E-state index contributed by atoms with van der Waals surface area (Å²) in [7, 11) is 0. The summed E-state index contributed by atoms with van der Waals surface area (Å²) in [5.41, 5.74) is 0.772. The van der Waals surface area contributed by atoms with Crippen LogP contribution < -0.4 is 0 Å². The van der Waals surface area contributed by atoms with E-state index < -0.39 is 0 Å². The molecular formula is C15H20O2. The Hall–Kier alpha value is -1.15. The predicted molar refractivity (Wildman–Crippen MR) is 68.2 cm³/mol. The summed E-state index contributed by atoms with van der Waals surface area (Å²) in [5, 5.41) is 0. The zero-order valence-corrected chi connectivity index (χ0v) is 10.4. The highest BCUT2D eigenvalue weighted by molar-refractivity contribution is 6.01. The smallest absolute Gasteiger partial charge is 0.194 e.